The van der Waals surface area contributed by atoms with Crippen molar-refractivity contribution in [2.45, 2.75) is 0 Å². The van der Waals surface area contributed by atoms with E-state index in [1.165, 1.54) is 0 Å². The minimum atomic E-state index is -0.520. The highest BCUT2D eigenvalue weighted by Gasteiger charge is 2.30. The first-order valence-corrected chi connectivity index (χ1v) is 6.30. The van der Waals surface area contributed by atoms with Gasteiger partial charge in [0.2, 0.25) is 5.91 Å². The molecule has 21 heavy (non-hydrogen) atoms. The van der Waals surface area contributed by atoms with Crippen molar-refractivity contribution < 1.29 is 14.4 Å². The van der Waals surface area contributed by atoms with E-state index >= 15 is 0 Å². The number of benzene rings is 2. The van der Waals surface area contributed by atoms with Gasteiger partial charge in [-0.25, -0.2) is 0 Å². The number of amides is 3. The van der Waals surface area contributed by atoms with Gasteiger partial charge in [-0.3, -0.25) is 19.7 Å². The fraction of sp³-hybridized carbons (Fsp3) is 0. The number of rotatable bonds is 1. The predicted molar refractivity (Wildman–Crippen MR) is 76.1 cm³/mol. The first kappa shape index (κ1) is 11.7. The summed E-state index contributed by atoms with van der Waals surface area (Å²) in [6, 6.07) is 8.33. The molecule has 0 spiro atoms. The molecule has 0 atom stereocenters. The Kier molecular flexibility index (Phi) is 2.05. The molecule has 0 aliphatic carbocycles. The van der Waals surface area contributed by atoms with Crippen LogP contribution in [0, 0.1) is 0 Å². The molecule has 102 valence electrons. The number of hydrogen-bond acceptors (Lipinski definition) is 3. The topological polar surface area (TPSA) is 105 Å². The van der Waals surface area contributed by atoms with Gasteiger partial charge in [-0.1, -0.05) is 6.07 Å². The smallest absolute Gasteiger partial charge is 0.259 e. The summed E-state index contributed by atoms with van der Waals surface area (Å²) in [6.45, 7) is 0. The lowest BCUT2D eigenvalue weighted by Crippen LogP contribution is -2.19. The van der Waals surface area contributed by atoms with Crippen molar-refractivity contribution in [3.63, 3.8) is 0 Å². The van der Waals surface area contributed by atoms with Gasteiger partial charge in [0.1, 0.15) is 0 Å². The Morgan fingerprint density at radius 2 is 1.81 bits per heavy atom. The molecule has 4 rings (SSSR count). The molecule has 0 saturated heterocycles. The highest BCUT2D eigenvalue weighted by Crippen LogP contribution is 2.32. The number of aromatic nitrogens is 1. The van der Waals surface area contributed by atoms with Gasteiger partial charge in [-0.15, -0.1) is 0 Å². The number of H-pyrrole nitrogens is 1. The van der Waals surface area contributed by atoms with Crippen molar-refractivity contribution in [3.05, 3.63) is 47.0 Å². The monoisotopic (exact) mass is 279 g/mol. The average molecular weight is 279 g/mol. The normalized spacial score (nSPS) is 13.7. The van der Waals surface area contributed by atoms with E-state index < -0.39 is 11.8 Å². The van der Waals surface area contributed by atoms with Gasteiger partial charge < -0.3 is 10.7 Å². The molecule has 2 aromatic carbocycles. The second-order valence-electron chi connectivity index (χ2n) is 4.94. The number of nitrogens with two attached hydrogens (primary N) is 1. The van der Waals surface area contributed by atoms with Crippen LogP contribution in [0.15, 0.2) is 30.3 Å². The Morgan fingerprint density at radius 1 is 1.00 bits per heavy atom. The van der Waals surface area contributed by atoms with E-state index in [-0.39, 0.29) is 5.91 Å². The summed E-state index contributed by atoms with van der Waals surface area (Å²) in [4.78, 5) is 38.1. The third kappa shape index (κ3) is 1.44. The van der Waals surface area contributed by atoms with E-state index in [1.54, 1.807) is 30.3 Å². The van der Waals surface area contributed by atoms with Gasteiger partial charge >= 0.3 is 0 Å². The van der Waals surface area contributed by atoms with Crippen LogP contribution in [0.5, 0.6) is 0 Å². The molecule has 2 heterocycles. The van der Waals surface area contributed by atoms with Gasteiger partial charge in [0.25, 0.3) is 11.8 Å². The van der Waals surface area contributed by atoms with Crippen LogP contribution in [0.3, 0.4) is 0 Å². The maximum atomic E-state index is 12.0. The lowest BCUT2D eigenvalue weighted by molar-refractivity contribution is 0.0879. The zero-order valence-electron chi connectivity index (χ0n) is 10.7. The lowest BCUT2D eigenvalue weighted by atomic mass is 10.0. The van der Waals surface area contributed by atoms with Crippen LogP contribution >= 0.6 is 0 Å². The molecule has 3 aromatic rings. The third-order valence-corrected chi connectivity index (χ3v) is 3.75. The highest BCUT2D eigenvalue weighted by molar-refractivity contribution is 6.30. The molecular formula is C15H9N3O3. The molecular weight excluding hydrogens is 270 g/mol. The van der Waals surface area contributed by atoms with Gasteiger partial charge in [-0.05, 0) is 24.3 Å². The van der Waals surface area contributed by atoms with Crippen LogP contribution in [0.4, 0.5) is 0 Å². The molecule has 0 saturated carbocycles. The van der Waals surface area contributed by atoms with Crippen molar-refractivity contribution in [2.24, 2.45) is 5.73 Å². The Bertz CT molecular complexity index is 985. The van der Waals surface area contributed by atoms with E-state index in [0.717, 1.165) is 10.9 Å². The number of fused-ring (bicyclic) bond motifs is 5. The first-order chi connectivity index (χ1) is 10.1. The summed E-state index contributed by atoms with van der Waals surface area (Å²) >= 11 is 0. The zero-order valence-corrected chi connectivity index (χ0v) is 10.7. The van der Waals surface area contributed by atoms with Crippen LogP contribution in [-0.4, -0.2) is 22.7 Å². The molecule has 0 fully saturated rings. The van der Waals surface area contributed by atoms with E-state index in [9.17, 15) is 14.4 Å². The third-order valence-electron chi connectivity index (χ3n) is 3.75. The Morgan fingerprint density at radius 3 is 2.57 bits per heavy atom. The summed E-state index contributed by atoms with van der Waals surface area (Å²) in [5.41, 5.74) is 7.82. The largest absolute Gasteiger partial charge is 0.366 e. The fourth-order valence-electron chi connectivity index (χ4n) is 2.81. The number of carbonyl (C=O) groups is 3. The van der Waals surface area contributed by atoms with E-state index in [1.807, 2.05) is 0 Å². The van der Waals surface area contributed by atoms with Crippen molar-refractivity contribution >= 4 is 39.5 Å². The maximum Gasteiger partial charge on any atom is 0.259 e. The molecule has 0 bridgehead atoms. The Labute approximate surface area is 117 Å². The molecule has 6 nitrogen and oxygen atoms in total. The van der Waals surface area contributed by atoms with Gasteiger partial charge in [-0.2, -0.15) is 0 Å². The van der Waals surface area contributed by atoms with Crippen molar-refractivity contribution in [2.75, 3.05) is 0 Å². The lowest BCUT2D eigenvalue weighted by Gasteiger charge is -1.98. The van der Waals surface area contributed by atoms with Crippen LogP contribution in [0.2, 0.25) is 0 Å². The van der Waals surface area contributed by atoms with E-state index in [2.05, 4.69) is 10.3 Å². The quantitative estimate of drug-likeness (QED) is 0.585. The predicted octanol–water partition coefficient (Wildman–Crippen LogP) is 1.30. The number of nitrogens with one attached hydrogen (secondary N) is 2. The number of imide groups is 1. The molecule has 1 aliphatic rings. The van der Waals surface area contributed by atoms with Gasteiger partial charge in [0, 0.05) is 27.4 Å². The van der Waals surface area contributed by atoms with E-state index in [4.69, 9.17) is 5.73 Å². The van der Waals surface area contributed by atoms with E-state index in [0.29, 0.717) is 27.6 Å². The summed E-state index contributed by atoms with van der Waals surface area (Å²) in [7, 11) is 0. The fourth-order valence-corrected chi connectivity index (χ4v) is 2.81. The van der Waals surface area contributed by atoms with Crippen LogP contribution in [-0.2, 0) is 0 Å². The summed E-state index contributed by atoms with van der Waals surface area (Å²) < 4.78 is 0. The first-order valence-electron chi connectivity index (χ1n) is 6.30. The Balaban J connectivity index is 2.15. The number of hydrogen-bond donors (Lipinski definition) is 3. The van der Waals surface area contributed by atoms with Crippen LogP contribution in [0.1, 0.15) is 31.1 Å². The second kappa shape index (κ2) is 3.69. The van der Waals surface area contributed by atoms with Crippen molar-refractivity contribution in [3.8, 4) is 0 Å². The zero-order chi connectivity index (χ0) is 14.7. The number of aromatic amines is 1. The molecule has 1 aliphatic heterocycles. The highest BCUT2D eigenvalue weighted by atomic mass is 16.2. The molecule has 1 aromatic heterocycles. The van der Waals surface area contributed by atoms with Gasteiger partial charge in [0.05, 0.1) is 11.1 Å². The van der Waals surface area contributed by atoms with Gasteiger partial charge in [0.15, 0.2) is 0 Å². The van der Waals surface area contributed by atoms with Crippen molar-refractivity contribution in [1.29, 1.82) is 0 Å². The molecule has 0 radical (unpaired) electrons. The van der Waals surface area contributed by atoms with Crippen LogP contribution in [0.25, 0.3) is 21.8 Å². The van der Waals surface area contributed by atoms with Crippen molar-refractivity contribution in [1.82, 2.24) is 10.3 Å². The van der Waals surface area contributed by atoms with Crippen LogP contribution < -0.4 is 11.1 Å². The standard InChI is InChI=1S/C15H9N3O3/c16-13(19)6-1-2-7-10(5-6)17-9-4-3-8-12(11(7)9)15(21)18-14(8)20/h1-5,17H,(H2,16,19)(H,18,20,21). The average Bonchev–Trinajstić information content (AvgIpc) is 2.95. The maximum absolute atomic E-state index is 12.0. The molecule has 0 unspecified atom stereocenters. The molecule has 3 amide bonds. The SMILES string of the molecule is NC(=O)c1ccc2c(c1)[nH]c1ccc3c(c12)C(=O)NC3=O. The molecule has 6 heteroatoms. The molecule has 4 N–H and O–H groups in total. The summed E-state index contributed by atoms with van der Waals surface area (Å²) in [5, 5.41) is 3.75. The minimum Gasteiger partial charge on any atom is -0.366 e. The summed E-state index contributed by atoms with van der Waals surface area (Å²) in [5.74, 6) is -1.31. The number of carbonyl (C=O) groups excluding carboxylic acids is 3. The minimum absolute atomic E-state index is 0.368. The summed E-state index contributed by atoms with van der Waals surface area (Å²) in [6.07, 6.45) is 0. The second-order valence-corrected chi connectivity index (χ2v) is 4.94. The Hall–Kier alpha value is -3.15. The number of primary amides is 1.